The third-order valence-corrected chi connectivity index (χ3v) is 4.77. The summed E-state index contributed by atoms with van der Waals surface area (Å²) in [5.41, 5.74) is 0.518. The summed E-state index contributed by atoms with van der Waals surface area (Å²) in [5.74, 6) is -0.304. The van der Waals surface area contributed by atoms with Gasteiger partial charge in [0.15, 0.2) is 0 Å². The fraction of sp³-hybridized carbons (Fsp3) is 0.150. The van der Waals surface area contributed by atoms with Gasteiger partial charge in [-0.15, -0.1) is 17.0 Å². The molecule has 1 heterocycles. The molecule has 0 saturated carbocycles. The molecule has 3 aromatic rings. The molecule has 0 aliphatic rings. The average Bonchev–Trinajstić information content (AvgIpc) is 3.19. The first kappa shape index (κ1) is 19.0. The number of carbonyl (C=O) groups is 1. The van der Waals surface area contributed by atoms with E-state index < -0.39 is 17.8 Å². The van der Waals surface area contributed by atoms with E-state index in [4.69, 9.17) is 0 Å². The van der Waals surface area contributed by atoms with Gasteiger partial charge in [0, 0.05) is 6.54 Å². The molecule has 0 saturated heterocycles. The molecule has 0 aliphatic heterocycles. The maximum atomic E-state index is 12.7. The monoisotopic (exact) mass is 389 g/mol. The van der Waals surface area contributed by atoms with Gasteiger partial charge in [0.25, 0.3) is 0 Å². The molecule has 1 N–H and O–H groups in total. The number of nitrogens with zero attached hydrogens (tertiary/aromatic N) is 1. The number of hydrogen-bond acceptors (Lipinski definition) is 2. The van der Waals surface area contributed by atoms with E-state index in [0.717, 1.165) is 22.6 Å². The molecule has 0 fully saturated rings. The van der Waals surface area contributed by atoms with Crippen molar-refractivity contribution in [2.24, 2.45) is 0 Å². The molecule has 1 unspecified atom stereocenters. The Morgan fingerprint density at radius 1 is 1.00 bits per heavy atom. The van der Waals surface area contributed by atoms with Crippen LogP contribution in [0.4, 0.5) is 18.9 Å². The van der Waals surface area contributed by atoms with Crippen molar-refractivity contribution in [2.45, 2.75) is 18.8 Å². The number of rotatable bonds is 6. The van der Waals surface area contributed by atoms with Crippen LogP contribution in [0.15, 0.2) is 72.1 Å². The van der Waals surface area contributed by atoms with E-state index in [0.29, 0.717) is 12.2 Å². The fourth-order valence-electron chi connectivity index (χ4n) is 2.47. The number of benzene rings is 2. The Balaban J connectivity index is 1.73. The summed E-state index contributed by atoms with van der Waals surface area (Å²) in [6, 6.07) is 16.7. The van der Waals surface area contributed by atoms with Crippen molar-refractivity contribution in [3.63, 3.8) is 0 Å². The minimum Gasteiger partial charge on any atom is -0.670 e. The Morgan fingerprint density at radius 3 is 2.30 bits per heavy atom. The molecule has 7 heteroatoms. The molecule has 1 aromatic heterocycles. The molecule has 1 amide bonds. The second kappa shape index (κ2) is 8.26. The lowest BCUT2D eigenvalue weighted by Crippen LogP contribution is -2.28. The van der Waals surface area contributed by atoms with Crippen molar-refractivity contribution in [1.82, 2.24) is 5.32 Å². The maximum absolute atomic E-state index is 12.7. The van der Waals surface area contributed by atoms with Crippen molar-refractivity contribution >= 4 is 22.9 Å². The van der Waals surface area contributed by atoms with Crippen LogP contribution in [0, 0.1) is 0 Å². The molecule has 140 valence electrons. The van der Waals surface area contributed by atoms with Crippen LogP contribution in [0.1, 0.15) is 22.0 Å². The van der Waals surface area contributed by atoms with Crippen LogP contribution >= 0.6 is 11.3 Å². The molecule has 0 bridgehead atoms. The number of alkyl halides is 3. The number of amides is 1. The largest absolute Gasteiger partial charge is 0.670 e. The summed E-state index contributed by atoms with van der Waals surface area (Å²) in [5, 5.41) is 9.03. The Kier molecular flexibility index (Phi) is 5.81. The Hall–Kier alpha value is -2.80. The molecule has 0 aliphatic carbocycles. The first-order valence-electron chi connectivity index (χ1n) is 8.16. The minimum absolute atomic E-state index is 0.304. The Morgan fingerprint density at radius 2 is 1.70 bits per heavy atom. The molecular formula is C20H16F3N2OS-. The van der Waals surface area contributed by atoms with E-state index in [-0.39, 0.29) is 5.91 Å². The predicted octanol–water partition coefficient (Wildman–Crippen LogP) is 5.83. The molecule has 3 rings (SSSR count). The molecular weight excluding hydrogens is 373 g/mol. The number of nitrogens with one attached hydrogen (secondary N) is 1. The van der Waals surface area contributed by atoms with Gasteiger partial charge in [-0.1, -0.05) is 60.7 Å². The molecule has 0 radical (unpaired) electrons. The zero-order valence-electron chi connectivity index (χ0n) is 14.1. The third kappa shape index (κ3) is 5.10. The van der Waals surface area contributed by atoms with Crippen molar-refractivity contribution in [2.75, 3.05) is 0 Å². The van der Waals surface area contributed by atoms with Gasteiger partial charge in [-0.25, -0.2) is 0 Å². The number of halogens is 3. The summed E-state index contributed by atoms with van der Waals surface area (Å²) in [7, 11) is 0. The van der Waals surface area contributed by atoms with Crippen molar-refractivity contribution < 1.29 is 18.0 Å². The van der Waals surface area contributed by atoms with Crippen LogP contribution < -0.4 is 5.32 Å². The van der Waals surface area contributed by atoms with Crippen molar-refractivity contribution in [3.05, 3.63) is 93.4 Å². The summed E-state index contributed by atoms with van der Waals surface area (Å²) in [4.78, 5) is 13.4. The summed E-state index contributed by atoms with van der Waals surface area (Å²) in [6.45, 7) is 0.351. The van der Waals surface area contributed by atoms with E-state index >= 15 is 0 Å². The van der Waals surface area contributed by atoms with Gasteiger partial charge in [0.05, 0.1) is 5.56 Å². The van der Waals surface area contributed by atoms with Crippen molar-refractivity contribution in [3.8, 4) is 0 Å². The van der Waals surface area contributed by atoms with Crippen LogP contribution in [0.3, 0.4) is 0 Å². The standard InChI is InChI=1S/C20H16F3N2OS/c21-20(22,23)15-8-10-16(11-9-15)25-18(17-7-4-12-27-17)19(26)24-13-14-5-2-1-3-6-14/h1-12,18H,13H2,(H,24,26)/q-1. The first-order valence-corrected chi connectivity index (χ1v) is 9.04. The smallest absolute Gasteiger partial charge is 0.416 e. The summed E-state index contributed by atoms with van der Waals surface area (Å²) < 4.78 is 38.1. The van der Waals surface area contributed by atoms with E-state index in [1.807, 2.05) is 35.7 Å². The lowest BCUT2D eigenvalue weighted by atomic mass is 10.1. The van der Waals surface area contributed by atoms with Crippen LogP contribution in [-0.2, 0) is 17.5 Å². The fourth-order valence-corrected chi connectivity index (χ4v) is 3.23. The predicted molar refractivity (Wildman–Crippen MR) is 99.8 cm³/mol. The molecule has 1 atom stereocenters. The Bertz CT molecular complexity index is 863. The average molecular weight is 389 g/mol. The van der Waals surface area contributed by atoms with E-state index in [1.165, 1.54) is 23.5 Å². The normalized spacial score (nSPS) is 12.4. The number of thiophene rings is 1. The molecule has 2 aromatic carbocycles. The number of hydrogen-bond donors (Lipinski definition) is 1. The van der Waals surface area contributed by atoms with Gasteiger partial charge < -0.3 is 10.6 Å². The van der Waals surface area contributed by atoms with Gasteiger partial charge in [0.1, 0.15) is 0 Å². The first-order chi connectivity index (χ1) is 12.9. The lowest BCUT2D eigenvalue weighted by Gasteiger charge is -2.31. The molecule has 27 heavy (non-hydrogen) atoms. The van der Waals surface area contributed by atoms with E-state index in [2.05, 4.69) is 10.6 Å². The van der Waals surface area contributed by atoms with Crippen LogP contribution in [-0.4, -0.2) is 5.91 Å². The zero-order chi connectivity index (χ0) is 19.3. The Labute approximate surface area is 158 Å². The lowest BCUT2D eigenvalue weighted by molar-refractivity contribution is -0.137. The SMILES string of the molecule is O=C(NCc1ccccc1)C([N-]c1ccc(C(F)(F)F)cc1)c1cccs1. The highest BCUT2D eigenvalue weighted by molar-refractivity contribution is 7.10. The zero-order valence-corrected chi connectivity index (χ0v) is 14.9. The highest BCUT2D eigenvalue weighted by atomic mass is 32.1. The maximum Gasteiger partial charge on any atom is 0.416 e. The van der Waals surface area contributed by atoms with Gasteiger partial charge in [0.2, 0.25) is 5.91 Å². The summed E-state index contributed by atoms with van der Waals surface area (Å²) in [6.07, 6.45) is -4.40. The van der Waals surface area contributed by atoms with Gasteiger partial charge in [-0.3, -0.25) is 4.79 Å². The van der Waals surface area contributed by atoms with Gasteiger partial charge in [-0.05, 0) is 27.9 Å². The third-order valence-electron chi connectivity index (χ3n) is 3.84. The van der Waals surface area contributed by atoms with E-state index in [9.17, 15) is 18.0 Å². The highest BCUT2D eigenvalue weighted by Gasteiger charge is 2.29. The second-order valence-corrected chi connectivity index (χ2v) is 6.77. The molecule has 3 nitrogen and oxygen atoms in total. The highest BCUT2D eigenvalue weighted by Crippen LogP contribution is 2.36. The van der Waals surface area contributed by atoms with Crippen LogP contribution in [0.2, 0.25) is 0 Å². The number of carbonyl (C=O) groups excluding carboxylic acids is 1. The van der Waals surface area contributed by atoms with Gasteiger partial charge in [-0.2, -0.15) is 13.2 Å². The molecule has 0 spiro atoms. The van der Waals surface area contributed by atoms with E-state index in [1.54, 1.807) is 12.1 Å². The van der Waals surface area contributed by atoms with Crippen LogP contribution in [0.25, 0.3) is 5.32 Å². The second-order valence-electron chi connectivity index (χ2n) is 5.80. The minimum atomic E-state index is -4.40. The quantitative estimate of drug-likeness (QED) is 0.566. The van der Waals surface area contributed by atoms with Crippen molar-refractivity contribution in [1.29, 1.82) is 0 Å². The van der Waals surface area contributed by atoms with Crippen LogP contribution in [0.5, 0.6) is 0 Å². The summed E-state index contributed by atoms with van der Waals surface area (Å²) >= 11 is 1.37. The topological polar surface area (TPSA) is 43.2 Å². The van der Waals surface area contributed by atoms with Gasteiger partial charge >= 0.3 is 6.18 Å².